The van der Waals surface area contributed by atoms with Crippen molar-refractivity contribution >= 4 is 27.5 Å². The lowest BCUT2D eigenvalue weighted by molar-refractivity contribution is -0.121. The SMILES string of the molecule is O=C(CCc1nc2ccccc2s1)NC1CCCc2c1cnn2Cc1ccccc1. The zero-order valence-corrected chi connectivity index (χ0v) is 17.6. The van der Waals surface area contributed by atoms with Gasteiger partial charge in [0.15, 0.2) is 0 Å². The molecule has 152 valence electrons. The summed E-state index contributed by atoms with van der Waals surface area (Å²) in [5.41, 5.74) is 4.68. The van der Waals surface area contributed by atoms with Crippen molar-refractivity contribution in [3.63, 3.8) is 0 Å². The van der Waals surface area contributed by atoms with Gasteiger partial charge in [0.25, 0.3) is 0 Å². The number of para-hydroxylation sites is 1. The van der Waals surface area contributed by atoms with Gasteiger partial charge in [0, 0.05) is 24.1 Å². The van der Waals surface area contributed by atoms with Gasteiger partial charge in [-0.25, -0.2) is 4.98 Å². The first-order valence-corrected chi connectivity index (χ1v) is 11.3. The van der Waals surface area contributed by atoms with E-state index in [1.807, 2.05) is 30.5 Å². The molecule has 1 atom stereocenters. The number of benzene rings is 2. The fourth-order valence-corrected chi connectivity index (χ4v) is 5.14. The van der Waals surface area contributed by atoms with E-state index in [2.05, 4.69) is 50.4 Å². The van der Waals surface area contributed by atoms with Gasteiger partial charge in [0.2, 0.25) is 5.91 Å². The Labute approximate surface area is 179 Å². The first-order valence-electron chi connectivity index (χ1n) is 10.5. The fourth-order valence-electron chi connectivity index (χ4n) is 4.18. The fraction of sp³-hybridized carbons (Fsp3) is 0.292. The maximum atomic E-state index is 12.6. The molecule has 0 bridgehead atoms. The average Bonchev–Trinajstić information content (AvgIpc) is 3.38. The van der Waals surface area contributed by atoms with Crippen molar-refractivity contribution in [2.45, 2.75) is 44.7 Å². The summed E-state index contributed by atoms with van der Waals surface area (Å²) in [5, 5.41) is 8.89. The molecule has 4 aromatic rings. The number of nitrogens with zero attached hydrogens (tertiary/aromatic N) is 3. The largest absolute Gasteiger partial charge is 0.349 e. The van der Waals surface area contributed by atoms with Crippen molar-refractivity contribution in [2.75, 3.05) is 0 Å². The molecule has 1 N–H and O–H groups in total. The lowest BCUT2D eigenvalue weighted by Crippen LogP contribution is -2.31. The summed E-state index contributed by atoms with van der Waals surface area (Å²) in [6, 6.07) is 18.6. The van der Waals surface area contributed by atoms with Crippen LogP contribution in [0.1, 0.15) is 47.1 Å². The van der Waals surface area contributed by atoms with Gasteiger partial charge < -0.3 is 5.32 Å². The van der Waals surface area contributed by atoms with Crippen LogP contribution in [0.3, 0.4) is 0 Å². The van der Waals surface area contributed by atoms with Crippen molar-refractivity contribution in [3.8, 4) is 0 Å². The Morgan fingerprint density at radius 3 is 2.83 bits per heavy atom. The van der Waals surface area contributed by atoms with E-state index in [-0.39, 0.29) is 11.9 Å². The number of thiazole rings is 1. The second kappa shape index (κ2) is 8.40. The summed E-state index contributed by atoms with van der Waals surface area (Å²) in [4.78, 5) is 17.3. The number of hydrogen-bond donors (Lipinski definition) is 1. The Kier molecular flexibility index (Phi) is 5.32. The number of nitrogens with one attached hydrogen (secondary N) is 1. The lowest BCUT2D eigenvalue weighted by Gasteiger charge is -2.24. The predicted molar refractivity (Wildman–Crippen MR) is 120 cm³/mol. The maximum absolute atomic E-state index is 12.6. The molecule has 5 nitrogen and oxygen atoms in total. The first kappa shape index (κ1) is 19.0. The predicted octanol–water partition coefficient (Wildman–Crippen LogP) is 4.67. The van der Waals surface area contributed by atoms with Crippen molar-refractivity contribution in [3.05, 3.63) is 82.6 Å². The van der Waals surface area contributed by atoms with Gasteiger partial charge in [0.05, 0.1) is 34.0 Å². The normalized spacial score (nSPS) is 15.8. The number of aryl methyl sites for hydroxylation is 1. The van der Waals surface area contributed by atoms with Gasteiger partial charge in [-0.1, -0.05) is 42.5 Å². The minimum absolute atomic E-state index is 0.0566. The van der Waals surface area contributed by atoms with Crippen molar-refractivity contribution in [1.82, 2.24) is 20.1 Å². The van der Waals surface area contributed by atoms with Crippen LogP contribution in [0.15, 0.2) is 60.8 Å². The molecule has 0 radical (unpaired) electrons. The third kappa shape index (κ3) is 4.00. The van der Waals surface area contributed by atoms with Gasteiger partial charge in [-0.2, -0.15) is 5.10 Å². The molecule has 2 aromatic carbocycles. The highest BCUT2D eigenvalue weighted by atomic mass is 32.1. The standard InChI is InChI=1S/C24H24N4OS/c29-23(13-14-24-27-20-9-4-5-12-22(20)30-24)26-19-10-6-11-21-18(19)15-25-28(21)16-17-7-2-1-3-8-17/h1-5,7-9,12,15,19H,6,10-11,13-14,16H2,(H,26,29). The monoisotopic (exact) mass is 416 g/mol. The molecule has 30 heavy (non-hydrogen) atoms. The number of aromatic nitrogens is 3. The van der Waals surface area contributed by atoms with Gasteiger partial charge in [-0.05, 0) is 37.0 Å². The number of fused-ring (bicyclic) bond motifs is 2. The van der Waals surface area contributed by atoms with Gasteiger partial charge in [-0.15, -0.1) is 11.3 Å². The highest BCUT2D eigenvalue weighted by Crippen LogP contribution is 2.30. The van der Waals surface area contributed by atoms with Crippen LogP contribution in [0.2, 0.25) is 0 Å². The van der Waals surface area contributed by atoms with E-state index >= 15 is 0 Å². The molecular weight excluding hydrogens is 392 g/mol. The second-order valence-corrected chi connectivity index (χ2v) is 8.89. The van der Waals surface area contributed by atoms with Crippen LogP contribution in [0.5, 0.6) is 0 Å². The van der Waals surface area contributed by atoms with Crippen molar-refractivity contribution < 1.29 is 4.79 Å². The van der Waals surface area contributed by atoms with E-state index in [0.29, 0.717) is 12.8 Å². The Balaban J connectivity index is 1.23. The number of amides is 1. The average molecular weight is 417 g/mol. The zero-order valence-electron chi connectivity index (χ0n) is 16.8. The first-order chi connectivity index (χ1) is 14.8. The Hall–Kier alpha value is -2.99. The Morgan fingerprint density at radius 2 is 1.97 bits per heavy atom. The van der Waals surface area contributed by atoms with E-state index in [4.69, 9.17) is 0 Å². The molecular formula is C24H24N4OS. The molecule has 2 heterocycles. The van der Waals surface area contributed by atoms with Crippen LogP contribution in [0.25, 0.3) is 10.2 Å². The Morgan fingerprint density at radius 1 is 1.13 bits per heavy atom. The zero-order chi connectivity index (χ0) is 20.3. The summed E-state index contributed by atoms with van der Waals surface area (Å²) in [7, 11) is 0. The van der Waals surface area contributed by atoms with Crippen LogP contribution < -0.4 is 5.32 Å². The van der Waals surface area contributed by atoms with Crippen LogP contribution in [0.4, 0.5) is 0 Å². The Bertz CT molecular complexity index is 1130. The van der Waals surface area contributed by atoms with Crippen molar-refractivity contribution in [1.29, 1.82) is 0 Å². The molecule has 0 saturated carbocycles. The summed E-state index contributed by atoms with van der Waals surface area (Å²) in [6.45, 7) is 0.772. The number of carbonyl (C=O) groups is 1. The number of carbonyl (C=O) groups excluding carboxylic acids is 1. The summed E-state index contributed by atoms with van der Waals surface area (Å²) in [5.74, 6) is 0.0860. The molecule has 0 aliphatic heterocycles. The van der Waals surface area contributed by atoms with Gasteiger partial charge in [-0.3, -0.25) is 9.48 Å². The van der Waals surface area contributed by atoms with E-state index < -0.39 is 0 Å². The molecule has 2 aromatic heterocycles. The van der Waals surface area contributed by atoms with E-state index in [9.17, 15) is 4.79 Å². The molecule has 1 unspecified atom stereocenters. The van der Waals surface area contributed by atoms with Crippen LogP contribution >= 0.6 is 11.3 Å². The lowest BCUT2D eigenvalue weighted by atomic mass is 9.92. The summed E-state index contributed by atoms with van der Waals surface area (Å²) >= 11 is 1.67. The highest BCUT2D eigenvalue weighted by Gasteiger charge is 2.25. The molecule has 0 saturated heterocycles. The molecule has 0 spiro atoms. The van der Waals surface area contributed by atoms with Crippen molar-refractivity contribution in [2.24, 2.45) is 0 Å². The van der Waals surface area contributed by atoms with E-state index in [1.54, 1.807) is 11.3 Å². The molecule has 1 aliphatic carbocycles. The molecule has 6 heteroatoms. The highest BCUT2D eigenvalue weighted by molar-refractivity contribution is 7.18. The minimum Gasteiger partial charge on any atom is -0.349 e. The molecule has 0 fully saturated rings. The molecule has 1 amide bonds. The number of hydrogen-bond acceptors (Lipinski definition) is 4. The second-order valence-electron chi connectivity index (χ2n) is 7.78. The van der Waals surface area contributed by atoms with Gasteiger partial charge >= 0.3 is 0 Å². The summed E-state index contributed by atoms with van der Waals surface area (Å²) < 4.78 is 3.26. The van der Waals surface area contributed by atoms with Crippen LogP contribution in [-0.2, 0) is 24.2 Å². The quantitative estimate of drug-likeness (QED) is 0.497. The minimum atomic E-state index is 0.0566. The molecule has 1 aliphatic rings. The smallest absolute Gasteiger partial charge is 0.220 e. The van der Waals surface area contributed by atoms with Crippen LogP contribution in [0, 0.1) is 0 Å². The van der Waals surface area contributed by atoms with Gasteiger partial charge in [0.1, 0.15) is 0 Å². The number of rotatable bonds is 6. The summed E-state index contributed by atoms with van der Waals surface area (Å²) in [6.07, 6.45) is 6.13. The van der Waals surface area contributed by atoms with E-state index in [1.165, 1.54) is 21.5 Å². The molecule has 5 rings (SSSR count). The third-order valence-corrected chi connectivity index (χ3v) is 6.77. The van der Waals surface area contributed by atoms with Crippen LogP contribution in [-0.4, -0.2) is 20.7 Å². The maximum Gasteiger partial charge on any atom is 0.220 e. The van der Waals surface area contributed by atoms with E-state index in [0.717, 1.165) is 36.3 Å². The topological polar surface area (TPSA) is 59.8 Å². The third-order valence-electron chi connectivity index (χ3n) is 5.68.